The summed E-state index contributed by atoms with van der Waals surface area (Å²) in [6.07, 6.45) is 4.30. The Morgan fingerprint density at radius 3 is 2.25 bits per heavy atom. The highest BCUT2D eigenvalue weighted by Gasteiger charge is 2.53. The Hall–Kier alpha value is -3.91. The molecule has 2 aromatic rings. The maximum Gasteiger partial charge on any atom is 0.303 e. The molecular formula is C37H52FN5O7S. The molecule has 0 spiro atoms. The third kappa shape index (κ3) is 11.3. The normalized spacial score (nSPS) is 19.2. The number of aryl methyl sites for hydroxylation is 1. The lowest BCUT2D eigenvalue weighted by Gasteiger charge is -2.36. The number of carbonyl (C=O) groups is 5. The number of halogens is 1. The van der Waals surface area contributed by atoms with Crippen LogP contribution in [0, 0.1) is 12.3 Å². The molecule has 0 radical (unpaired) electrons. The molecule has 14 heteroatoms. The smallest absolute Gasteiger partial charge is 0.303 e. The number of hydrogen-bond donors (Lipinski definition) is 5. The number of β-amino-alcohol motifs (C(OH)–C–C–N with tert-alkyl or cyclic N) is 1. The summed E-state index contributed by atoms with van der Waals surface area (Å²) in [5.74, 6) is -3.04. The fourth-order valence-electron chi connectivity index (χ4n) is 6.28. The van der Waals surface area contributed by atoms with Gasteiger partial charge in [0, 0.05) is 25.9 Å². The minimum atomic E-state index is -1.99. The third-order valence-corrected chi connectivity index (χ3v) is 10.5. The molecule has 1 aliphatic heterocycles. The molecule has 4 atom stereocenters. The SMILES string of the molecule is Cc1ncsc1-c1ccc(C(CC(=O)NCCCCCCCCC(=O)O)NC(=O)[C@@H]2C[C@@H](O)CN2C(=O)C(NC(=O)C2(F)CC2)C(C)(C)C)cc1. The van der Waals surface area contributed by atoms with Crippen LogP contribution in [0.15, 0.2) is 29.8 Å². The van der Waals surface area contributed by atoms with Gasteiger partial charge in [-0.3, -0.25) is 24.0 Å². The molecule has 2 heterocycles. The number of carboxylic acids is 1. The van der Waals surface area contributed by atoms with Gasteiger partial charge in [0.1, 0.15) is 12.1 Å². The van der Waals surface area contributed by atoms with Crippen molar-refractivity contribution < 1.29 is 38.6 Å². The van der Waals surface area contributed by atoms with Crippen molar-refractivity contribution in [2.45, 2.75) is 128 Å². The second-order valence-electron chi connectivity index (χ2n) is 14.9. The second kappa shape index (κ2) is 17.5. The molecule has 12 nitrogen and oxygen atoms in total. The highest BCUT2D eigenvalue weighted by atomic mass is 32.1. The first-order valence-electron chi connectivity index (χ1n) is 17.9. The number of carbonyl (C=O) groups excluding carboxylic acids is 4. The first-order chi connectivity index (χ1) is 24.1. The fraction of sp³-hybridized carbons (Fsp3) is 0.622. The van der Waals surface area contributed by atoms with Gasteiger partial charge < -0.3 is 31.1 Å². The molecule has 1 saturated heterocycles. The van der Waals surface area contributed by atoms with Gasteiger partial charge in [0.25, 0.3) is 5.91 Å². The first kappa shape index (κ1) is 39.9. The molecule has 0 bridgehead atoms. The van der Waals surface area contributed by atoms with Crippen LogP contribution >= 0.6 is 11.3 Å². The number of hydrogen-bond acceptors (Lipinski definition) is 8. The summed E-state index contributed by atoms with van der Waals surface area (Å²) >= 11 is 1.51. The van der Waals surface area contributed by atoms with Crippen LogP contribution in [0.2, 0.25) is 0 Å². The van der Waals surface area contributed by atoms with E-state index < -0.39 is 59.0 Å². The van der Waals surface area contributed by atoms with Crippen LogP contribution in [-0.4, -0.2) is 86.6 Å². The predicted octanol–water partition coefficient (Wildman–Crippen LogP) is 4.59. The van der Waals surface area contributed by atoms with E-state index >= 15 is 0 Å². The fourth-order valence-corrected chi connectivity index (χ4v) is 7.09. The van der Waals surface area contributed by atoms with Crippen molar-refractivity contribution in [3.05, 3.63) is 41.0 Å². The maximum absolute atomic E-state index is 14.6. The minimum Gasteiger partial charge on any atom is -0.481 e. The second-order valence-corrected chi connectivity index (χ2v) is 15.8. The monoisotopic (exact) mass is 729 g/mol. The molecule has 1 aromatic carbocycles. The molecule has 2 fully saturated rings. The third-order valence-electron chi connectivity index (χ3n) is 9.52. The number of nitrogens with one attached hydrogen (secondary N) is 3. The average Bonchev–Trinajstić information content (AvgIpc) is 3.48. The Kier molecular flexibility index (Phi) is 13.7. The van der Waals surface area contributed by atoms with Gasteiger partial charge in [0.2, 0.25) is 17.7 Å². The van der Waals surface area contributed by atoms with Crippen LogP contribution in [-0.2, 0) is 24.0 Å². The molecule has 1 aromatic heterocycles. The van der Waals surface area contributed by atoms with E-state index in [-0.39, 0.29) is 44.6 Å². The van der Waals surface area contributed by atoms with Crippen LogP contribution in [0.3, 0.4) is 0 Å². The number of nitrogens with zero attached hydrogens (tertiary/aromatic N) is 2. The number of rotatable bonds is 18. The van der Waals surface area contributed by atoms with Gasteiger partial charge in [0.05, 0.1) is 34.6 Å². The number of carboxylic acid groups (broad SMARTS) is 1. The Balaban J connectivity index is 1.44. The molecule has 5 N–H and O–H groups in total. The standard InChI is InChI=1S/C37H52FN5O7S/c1-23-31(51-22-40-23)25-14-12-24(13-15-25)27(20-29(45)39-18-10-8-6-5-7-9-11-30(46)47)41-33(48)28-19-26(44)21-43(28)34(49)32(36(2,3)4)42-35(50)37(38)16-17-37/h12-15,22,26-28,32,44H,5-11,16-21H2,1-4H3,(H,39,45)(H,41,48)(H,42,50)(H,46,47)/t26-,27?,28+,32?/m1/s1. The van der Waals surface area contributed by atoms with E-state index in [1.807, 2.05) is 31.2 Å². The van der Waals surface area contributed by atoms with Gasteiger partial charge in [-0.15, -0.1) is 11.3 Å². The number of benzene rings is 1. The van der Waals surface area contributed by atoms with Gasteiger partial charge in [-0.2, -0.15) is 0 Å². The van der Waals surface area contributed by atoms with E-state index in [0.29, 0.717) is 18.5 Å². The molecule has 4 rings (SSSR count). The van der Waals surface area contributed by atoms with E-state index in [2.05, 4.69) is 20.9 Å². The van der Waals surface area contributed by atoms with Crippen LogP contribution in [0.25, 0.3) is 10.4 Å². The molecule has 4 amide bonds. The summed E-state index contributed by atoms with van der Waals surface area (Å²) in [6, 6.07) is 4.55. The van der Waals surface area contributed by atoms with Crippen molar-refractivity contribution in [2.75, 3.05) is 13.1 Å². The maximum atomic E-state index is 14.6. The van der Waals surface area contributed by atoms with E-state index in [0.717, 1.165) is 48.2 Å². The minimum absolute atomic E-state index is 0.0335. The van der Waals surface area contributed by atoms with Gasteiger partial charge in [-0.25, -0.2) is 9.37 Å². The quantitative estimate of drug-likeness (QED) is 0.138. The average molecular weight is 730 g/mol. The molecule has 280 valence electrons. The number of aliphatic hydroxyl groups excluding tert-OH is 1. The number of aliphatic carboxylic acids is 1. The lowest BCUT2D eigenvalue weighted by molar-refractivity contribution is -0.145. The van der Waals surface area contributed by atoms with E-state index in [1.54, 1.807) is 26.3 Å². The largest absolute Gasteiger partial charge is 0.481 e. The zero-order chi connectivity index (χ0) is 37.3. The van der Waals surface area contributed by atoms with Crippen molar-refractivity contribution in [2.24, 2.45) is 5.41 Å². The Morgan fingerprint density at radius 2 is 1.67 bits per heavy atom. The van der Waals surface area contributed by atoms with Crippen LogP contribution in [0.1, 0.15) is 109 Å². The number of aliphatic hydroxyl groups is 1. The van der Waals surface area contributed by atoms with E-state index in [1.165, 1.54) is 16.2 Å². The van der Waals surface area contributed by atoms with Gasteiger partial charge >= 0.3 is 5.97 Å². The number of amides is 4. The Labute approximate surface area is 303 Å². The number of unbranched alkanes of at least 4 members (excludes halogenated alkanes) is 5. The van der Waals surface area contributed by atoms with E-state index in [9.17, 15) is 33.5 Å². The molecule has 2 unspecified atom stereocenters. The van der Waals surface area contributed by atoms with Gasteiger partial charge in [-0.05, 0) is 49.1 Å². The zero-order valence-electron chi connectivity index (χ0n) is 30.0. The lowest BCUT2D eigenvalue weighted by Crippen LogP contribution is -2.59. The van der Waals surface area contributed by atoms with E-state index in [4.69, 9.17) is 5.11 Å². The van der Waals surface area contributed by atoms with Gasteiger partial charge in [0.15, 0.2) is 5.67 Å². The number of thiazole rings is 1. The van der Waals surface area contributed by atoms with Crippen LogP contribution in [0.4, 0.5) is 4.39 Å². The summed E-state index contributed by atoms with van der Waals surface area (Å²) in [4.78, 5) is 70.9. The van der Waals surface area contributed by atoms with Gasteiger partial charge in [-0.1, -0.05) is 70.7 Å². The summed E-state index contributed by atoms with van der Waals surface area (Å²) < 4.78 is 14.6. The topological polar surface area (TPSA) is 178 Å². The van der Waals surface area contributed by atoms with Crippen molar-refractivity contribution in [3.63, 3.8) is 0 Å². The number of aromatic nitrogens is 1. The predicted molar refractivity (Wildman–Crippen MR) is 191 cm³/mol. The van der Waals surface area contributed by atoms with Crippen molar-refractivity contribution in [1.29, 1.82) is 0 Å². The van der Waals surface area contributed by atoms with Crippen molar-refractivity contribution >= 4 is 40.9 Å². The lowest BCUT2D eigenvalue weighted by atomic mass is 9.85. The Morgan fingerprint density at radius 1 is 1.02 bits per heavy atom. The molecular weight excluding hydrogens is 678 g/mol. The summed E-state index contributed by atoms with van der Waals surface area (Å²) in [5.41, 5.74) is 1.49. The van der Waals surface area contributed by atoms with Crippen molar-refractivity contribution in [3.8, 4) is 10.4 Å². The Bertz CT molecular complexity index is 1540. The summed E-state index contributed by atoms with van der Waals surface area (Å²) in [5, 5.41) is 27.9. The van der Waals surface area contributed by atoms with Crippen LogP contribution in [0.5, 0.6) is 0 Å². The molecule has 2 aliphatic rings. The zero-order valence-corrected chi connectivity index (χ0v) is 30.8. The molecule has 1 aliphatic carbocycles. The summed E-state index contributed by atoms with van der Waals surface area (Å²) in [7, 11) is 0. The summed E-state index contributed by atoms with van der Waals surface area (Å²) in [6.45, 7) is 7.47. The molecule has 51 heavy (non-hydrogen) atoms. The first-order valence-corrected chi connectivity index (χ1v) is 18.7. The number of alkyl halides is 1. The van der Waals surface area contributed by atoms with Crippen LogP contribution < -0.4 is 16.0 Å². The number of likely N-dealkylation sites (tertiary alicyclic amines) is 1. The molecule has 1 saturated carbocycles. The highest BCUT2D eigenvalue weighted by molar-refractivity contribution is 7.13. The van der Waals surface area contributed by atoms with Crippen molar-refractivity contribution in [1.82, 2.24) is 25.8 Å². The highest BCUT2D eigenvalue weighted by Crippen LogP contribution is 2.40.